The fraction of sp³-hybridized carbons (Fsp3) is 0.300. The molecular weight excluding hydrogens is 319 g/mol. The summed E-state index contributed by atoms with van der Waals surface area (Å²) < 4.78 is 13.0. The highest BCUT2D eigenvalue weighted by Crippen LogP contribution is 2.30. The van der Waals surface area contributed by atoms with Crippen LogP contribution >= 0.6 is 0 Å². The first-order valence-electron chi connectivity index (χ1n) is 8.49. The Balaban J connectivity index is 1.82. The van der Waals surface area contributed by atoms with Gasteiger partial charge in [-0.2, -0.15) is 0 Å². The SMILES string of the molecule is CCCN1C(=O)Cc2ccccc2[C@H]1C(=O)NCc1ccc(F)cc1. The van der Waals surface area contributed by atoms with E-state index in [2.05, 4.69) is 5.32 Å². The molecule has 2 amide bonds. The normalized spacial score (nSPS) is 16.5. The second-order valence-corrected chi connectivity index (χ2v) is 6.21. The Morgan fingerprint density at radius 3 is 2.64 bits per heavy atom. The van der Waals surface area contributed by atoms with Crippen molar-refractivity contribution in [3.63, 3.8) is 0 Å². The van der Waals surface area contributed by atoms with Crippen LogP contribution in [0.4, 0.5) is 4.39 Å². The number of hydrogen-bond donors (Lipinski definition) is 1. The first-order valence-corrected chi connectivity index (χ1v) is 8.49. The van der Waals surface area contributed by atoms with Crippen LogP contribution in [-0.4, -0.2) is 23.3 Å². The van der Waals surface area contributed by atoms with Gasteiger partial charge in [-0.05, 0) is 35.2 Å². The molecule has 0 aliphatic carbocycles. The van der Waals surface area contributed by atoms with Crippen LogP contribution in [0, 0.1) is 5.82 Å². The van der Waals surface area contributed by atoms with Crippen molar-refractivity contribution in [2.75, 3.05) is 6.54 Å². The molecule has 0 bridgehead atoms. The third-order valence-corrected chi connectivity index (χ3v) is 4.42. The Morgan fingerprint density at radius 2 is 1.92 bits per heavy atom. The Labute approximate surface area is 146 Å². The molecule has 1 heterocycles. The first kappa shape index (κ1) is 17.1. The van der Waals surface area contributed by atoms with E-state index in [1.807, 2.05) is 31.2 Å². The summed E-state index contributed by atoms with van der Waals surface area (Å²) in [4.78, 5) is 27.0. The molecule has 25 heavy (non-hydrogen) atoms. The molecule has 0 aromatic heterocycles. The summed E-state index contributed by atoms with van der Waals surface area (Å²) in [6.07, 6.45) is 1.12. The van der Waals surface area contributed by atoms with Crippen LogP contribution in [0.25, 0.3) is 0 Å². The van der Waals surface area contributed by atoms with Crippen LogP contribution in [-0.2, 0) is 22.6 Å². The number of rotatable bonds is 5. The topological polar surface area (TPSA) is 49.4 Å². The molecule has 1 aliphatic rings. The third-order valence-electron chi connectivity index (χ3n) is 4.42. The fourth-order valence-electron chi connectivity index (χ4n) is 3.20. The van der Waals surface area contributed by atoms with Gasteiger partial charge in [-0.1, -0.05) is 43.3 Å². The Hall–Kier alpha value is -2.69. The number of carbonyl (C=O) groups excluding carboxylic acids is 2. The lowest BCUT2D eigenvalue weighted by Crippen LogP contribution is -2.47. The van der Waals surface area contributed by atoms with E-state index in [4.69, 9.17) is 0 Å². The molecule has 0 spiro atoms. The molecule has 5 heteroatoms. The van der Waals surface area contributed by atoms with Gasteiger partial charge < -0.3 is 10.2 Å². The summed E-state index contributed by atoms with van der Waals surface area (Å²) in [6.45, 7) is 2.83. The van der Waals surface area contributed by atoms with E-state index in [9.17, 15) is 14.0 Å². The van der Waals surface area contributed by atoms with Crippen LogP contribution in [0.2, 0.25) is 0 Å². The molecule has 2 aromatic rings. The number of fused-ring (bicyclic) bond motifs is 1. The average Bonchev–Trinajstić information content (AvgIpc) is 2.62. The smallest absolute Gasteiger partial charge is 0.247 e. The maximum atomic E-state index is 13.0. The Morgan fingerprint density at radius 1 is 1.20 bits per heavy atom. The van der Waals surface area contributed by atoms with Gasteiger partial charge in [0.05, 0.1) is 6.42 Å². The van der Waals surface area contributed by atoms with Gasteiger partial charge in [-0.15, -0.1) is 0 Å². The van der Waals surface area contributed by atoms with Gasteiger partial charge in [-0.25, -0.2) is 4.39 Å². The van der Waals surface area contributed by atoms with E-state index in [-0.39, 0.29) is 17.6 Å². The molecule has 1 N–H and O–H groups in total. The summed E-state index contributed by atoms with van der Waals surface area (Å²) in [5, 5.41) is 2.88. The molecule has 1 atom stereocenters. The van der Waals surface area contributed by atoms with Crippen molar-refractivity contribution >= 4 is 11.8 Å². The highest BCUT2D eigenvalue weighted by Gasteiger charge is 2.36. The minimum absolute atomic E-state index is 0.0255. The van der Waals surface area contributed by atoms with Crippen molar-refractivity contribution in [3.8, 4) is 0 Å². The van der Waals surface area contributed by atoms with Crippen LogP contribution in [0.3, 0.4) is 0 Å². The second kappa shape index (κ2) is 7.47. The van der Waals surface area contributed by atoms with Gasteiger partial charge in [0.1, 0.15) is 11.9 Å². The molecule has 0 saturated carbocycles. The van der Waals surface area contributed by atoms with Crippen LogP contribution in [0.15, 0.2) is 48.5 Å². The lowest BCUT2D eigenvalue weighted by Gasteiger charge is -2.36. The van der Waals surface area contributed by atoms with E-state index in [0.717, 1.165) is 23.1 Å². The quantitative estimate of drug-likeness (QED) is 0.910. The van der Waals surface area contributed by atoms with Crippen molar-refractivity contribution in [1.82, 2.24) is 10.2 Å². The van der Waals surface area contributed by atoms with Crippen LogP contribution in [0.1, 0.15) is 36.1 Å². The number of halogens is 1. The van der Waals surface area contributed by atoms with Crippen LogP contribution in [0.5, 0.6) is 0 Å². The molecule has 3 rings (SSSR count). The fourth-order valence-corrected chi connectivity index (χ4v) is 3.20. The molecule has 4 nitrogen and oxygen atoms in total. The first-order chi connectivity index (χ1) is 12.1. The largest absolute Gasteiger partial charge is 0.350 e. The number of benzene rings is 2. The van der Waals surface area contributed by atoms with Crippen molar-refractivity contribution in [3.05, 3.63) is 71.0 Å². The van der Waals surface area contributed by atoms with Crippen molar-refractivity contribution in [2.45, 2.75) is 32.4 Å². The number of nitrogens with zero attached hydrogens (tertiary/aromatic N) is 1. The predicted octanol–water partition coefficient (Wildman–Crippen LogP) is 2.98. The van der Waals surface area contributed by atoms with Gasteiger partial charge >= 0.3 is 0 Å². The molecule has 0 fully saturated rings. The molecule has 0 unspecified atom stereocenters. The van der Waals surface area contributed by atoms with Crippen molar-refractivity contribution in [1.29, 1.82) is 0 Å². The van der Waals surface area contributed by atoms with Crippen LogP contribution < -0.4 is 5.32 Å². The highest BCUT2D eigenvalue weighted by molar-refractivity contribution is 5.92. The predicted molar refractivity (Wildman–Crippen MR) is 93.1 cm³/mol. The van der Waals surface area contributed by atoms with E-state index >= 15 is 0 Å². The zero-order valence-electron chi connectivity index (χ0n) is 14.2. The van der Waals surface area contributed by atoms with Gasteiger partial charge in [-0.3, -0.25) is 9.59 Å². The molecule has 130 valence electrons. The standard InChI is InChI=1S/C20H21FN2O2/c1-2-11-23-18(24)12-15-5-3-4-6-17(15)19(23)20(25)22-13-14-7-9-16(21)10-8-14/h3-10,19H,2,11-13H2,1H3,(H,22,25)/t19-/m0/s1. The molecular formula is C20H21FN2O2. The molecule has 0 saturated heterocycles. The van der Waals surface area contributed by atoms with Crippen molar-refractivity contribution in [2.24, 2.45) is 0 Å². The van der Waals surface area contributed by atoms with Crippen molar-refractivity contribution < 1.29 is 14.0 Å². The second-order valence-electron chi connectivity index (χ2n) is 6.21. The number of nitrogens with one attached hydrogen (secondary N) is 1. The lowest BCUT2D eigenvalue weighted by molar-refractivity contribution is -0.141. The Kier molecular flexibility index (Phi) is 5.12. The zero-order valence-corrected chi connectivity index (χ0v) is 14.2. The number of hydrogen-bond acceptors (Lipinski definition) is 2. The lowest BCUT2D eigenvalue weighted by atomic mass is 9.91. The average molecular weight is 340 g/mol. The van der Waals surface area contributed by atoms with E-state index in [0.29, 0.717) is 19.5 Å². The molecule has 1 aliphatic heterocycles. The minimum Gasteiger partial charge on any atom is -0.350 e. The van der Waals surface area contributed by atoms with E-state index in [1.165, 1.54) is 12.1 Å². The summed E-state index contributed by atoms with van der Waals surface area (Å²) in [5.41, 5.74) is 2.60. The highest BCUT2D eigenvalue weighted by atomic mass is 19.1. The monoisotopic (exact) mass is 340 g/mol. The number of carbonyl (C=O) groups is 2. The Bertz CT molecular complexity index is 774. The molecule has 0 radical (unpaired) electrons. The van der Waals surface area contributed by atoms with E-state index < -0.39 is 6.04 Å². The molecule has 2 aromatic carbocycles. The van der Waals surface area contributed by atoms with Gasteiger partial charge in [0.15, 0.2) is 0 Å². The minimum atomic E-state index is -0.613. The zero-order chi connectivity index (χ0) is 17.8. The van der Waals surface area contributed by atoms with Gasteiger partial charge in [0.2, 0.25) is 11.8 Å². The maximum absolute atomic E-state index is 13.0. The number of amides is 2. The maximum Gasteiger partial charge on any atom is 0.247 e. The van der Waals surface area contributed by atoms with E-state index in [1.54, 1.807) is 17.0 Å². The summed E-state index contributed by atoms with van der Waals surface area (Å²) in [6, 6.07) is 13.0. The van der Waals surface area contributed by atoms with Gasteiger partial charge in [0.25, 0.3) is 0 Å². The summed E-state index contributed by atoms with van der Waals surface area (Å²) in [7, 11) is 0. The van der Waals surface area contributed by atoms with Gasteiger partial charge in [0, 0.05) is 13.1 Å². The third kappa shape index (κ3) is 3.71. The summed E-state index contributed by atoms with van der Waals surface area (Å²) in [5.74, 6) is -0.545. The summed E-state index contributed by atoms with van der Waals surface area (Å²) >= 11 is 0.